The highest BCUT2D eigenvalue weighted by Gasteiger charge is 2.11. The van der Waals surface area contributed by atoms with E-state index in [0.29, 0.717) is 27.5 Å². The number of nitrogens with zero attached hydrogens (tertiary/aromatic N) is 1. The van der Waals surface area contributed by atoms with Gasteiger partial charge in [0.15, 0.2) is 0 Å². The molecule has 0 saturated carbocycles. The first-order chi connectivity index (χ1) is 11.1. The fraction of sp³-hybridized carbons (Fsp3) is 0. The number of halogens is 1. The second kappa shape index (κ2) is 6.46. The van der Waals surface area contributed by atoms with E-state index in [9.17, 15) is 9.59 Å². The standard InChI is InChI=1S/C17H12ClN3O2/c18-12-5-3-4-11(10-12)17(23)19-14-7-2-1-6-13(14)15-8-9-16(22)21-20-15/h1-10H,(H,19,23)(H,21,22). The van der Waals surface area contributed by atoms with Gasteiger partial charge in [0, 0.05) is 22.2 Å². The third-order valence-corrected chi connectivity index (χ3v) is 3.45. The second-order valence-corrected chi connectivity index (χ2v) is 5.25. The first kappa shape index (κ1) is 15.0. The molecule has 0 spiro atoms. The number of H-pyrrole nitrogens is 1. The number of nitrogens with one attached hydrogen (secondary N) is 2. The number of hydrogen-bond acceptors (Lipinski definition) is 3. The van der Waals surface area contributed by atoms with Crippen LogP contribution in [-0.4, -0.2) is 16.1 Å². The lowest BCUT2D eigenvalue weighted by Crippen LogP contribution is -2.13. The molecular formula is C17H12ClN3O2. The summed E-state index contributed by atoms with van der Waals surface area (Å²) >= 11 is 5.91. The van der Waals surface area contributed by atoms with E-state index in [1.807, 2.05) is 18.2 Å². The van der Waals surface area contributed by atoms with Crippen molar-refractivity contribution in [1.29, 1.82) is 0 Å². The van der Waals surface area contributed by atoms with Crippen LogP contribution in [-0.2, 0) is 0 Å². The molecule has 2 N–H and O–H groups in total. The summed E-state index contributed by atoms with van der Waals surface area (Å²) in [5, 5.41) is 9.71. The molecule has 3 aromatic rings. The largest absolute Gasteiger partial charge is 0.321 e. The van der Waals surface area contributed by atoms with Crippen molar-refractivity contribution in [2.75, 3.05) is 5.32 Å². The SMILES string of the molecule is O=C(Nc1ccccc1-c1ccc(=O)[nH]n1)c1cccc(Cl)c1. The Balaban J connectivity index is 1.93. The zero-order valence-corrected chi connectivity index (χ0v) is 12.7. The van der Waals surface area contributed by atoms with E-state index in [4.69, 9.17) is 11.6 Å². The van der Waals surface area contributed by atoms with Crippen molar-refractivity contribution in [3.8, 4) is 11.3 Å². The van der Waals surface area contributed by atoms with Crippen molar-refractivity contribution in [3.05, 3.63) is 81.6 Å². The topological polar surface area (TPSA) is 74.8 Å². The van der Waals surface area contributed by atoms with Crippen LogP contribution >= 0.6 is 11.6 Å². The Morgan fingerprint density at radius 3 is 2.61 bits per heavy atom. The van der Waals surface area contributed by atoms with Gasteiger partial charge < -0.3 is 5.32 Å². The molecule has 1 aromatic heterocycles. The van der Waals surface area contributed by atoms with Crippen molar-refractivity contribution < 1.29 is 4.79 Å². The summed E-state index contributed by atoms with van der Waals surface area (Å²) in [5.74, 6) is -0.274. The molecule has 0 bridgehead atoms. The lowest BCUT2D eigenvalue weighted by atomic mass is 10.1. The highest BCUT2D eigenvalue weighted by molar-refractivity contribution is 6.31. The number of benzene rings is 2. The average Bonchev–Trinajstić information content (AvgIpc) is 2.56. The zero-order chi connectivity index (χ0) is 16.2. The van der Waals surface area contributed by atoms with Crippen LogP contribution in [0.15, 0.2) is 65.5 Å². The predicted octanol–water partition coefficient (Wildman–Crippen LogP) is 3.34. The average molecular weight is 326 g/mol. The van der Waals surface area contributed by atoms with Crippen molar-refractivity contribution >= 4 is 23.2 Å². The van der Waals surface area contributed by atoms with Gasteiger partial charge in [-0.05, 0) is 30.3 Å². The Morgan fingerprint density at radius 2 is 1.87 bits per heavy atom. The molecule has 0 atom stereocenters. The van der Waals surface area contributed by atoms with Crippen LogP contribution in [0.4, 0.5) is 5.69 Å². The van der Waals surface area contributed by atoms with Crippen LogP contribution in [0, 0.1) is 0 Å². The van der Waals surface area contributed by atoms with Gasteiger partial charge in [-0.3, -0.25) is 9.59 Å². The summed E-state index contributed by atoms with van der Waals surface area (Å²) in [6, 6.07) is 16.9. The summed E-state index contributed by atoms with van der Waals surface area (Å²) in [6.45, 7) is 0. The van der Waals surface area contributed by atoms with E-state index >= 15 is 0 Å². The summed E-state index contributed by atoms with van der Waals surface area (Å²) in [4.78, 5) is 23.5. The van der Waals surface area contributed by atoms with Gasteiger partial charge in [0.1, 0.15) is 0 Å². The molecule has 2 aromatic carbocycles. The quantitative estimate of drug-likeness (QED) is 0.775. The molecule has 23 heavy (non-hydrogen) atoms. The van der Waals surface area contributed by atoms with Crippen LogP contribution < -0.4 is 10.9 Å². The van der Waals surface area contributed by atoms with E-state index < -0.39 is 0 Å². The van der Waals surface area contributed by atoms with Crippen molar-refractivity contribution in [2.45, 2.75) is 0 Å². The van der Waals surface area contributed by atoms with Gasteiger partial charge in [-0.25, -0.2) is 5.10 Å². The molecule has 6 heteroatoms. The smallest absolute Gasteiger partial charge is 0.264 e. The summed E-state index contributed by atoms with van der Waals surface area (Å²) in [5.41, 5.74) is 2.04. The molecule has 1 heterocycles. The number of rotatable bonds is 3. The van der Waals surface area contributed by atoms with Crippen LogP contribution in [0.5, 0.6) is 0 Å². The Bertz CT molecular complexity index is 901. The number of anilines is 1. The number of carbonyl (C=O) groups excluding carboxylic acids is 1. The number of para-hydroxylation sites is 1. The Hall–Kier alpha value is -2.92. The summed E-state index contributed by atoms with van der Waals surface area (Å²) < 4.78 is 0. The molecule has 0 unspecified atom stereocenters. The van der Waals surface area contributed by atoms with Crippen LogP contribution in [0.1, 0.15) is 10.4 Å². The summed E-state index contributed by atoms with van der Waals surface area (Å²) in [7, 11) is 0. The molecule has 0 radical (unpaired) electrons. The molecule has 0 aliphatic rings. The van der Waals surface area contributed by atoms with Gasteiger partial charge in [-0.1, -0.05) is 35.9 Å². The number of aromatic nitrogens is 2. The lowest BCUT2D eigenvalue weighted by Gasteiger charge is -2.10. The molecule has 114 valence electrons. The highest BCUT2D eigenvalue weighted by Crippen LogP contribution is 2.26. The monoisotopic (exact) mass is 325 g/mol. The minimum Gasteiger partial charge on any atom is -0.321 e. The van der Waals surface area contributed by atoms with Gasteiger partial charge in [0.05, 0.1) is 11.4 Å². The second-order valence-electron chi connectivity index (χ2n) is 4.82. The van der Waals surface area contributed by atoms with Gasteiger partial charge in [-0.15, -0.1) is 0 Å². The number of carbonyl (C=O) groups is 1. The minimum atomic E-state index is -0.283. The van der Waals surface area contributed by atoms with E-state index in [1.165, 1.54) is 6.07 Å². The van der Waals surface area contributed by atoms with E-state index in [0.717, 1.165) is 0 Å². The van der Waals surface area contributed by atoms with Crippen molar-refractivity contribution in [2.24, 2.45) is 0 Å². The predicted molar refractivity (Wildman–Crippen MR) is 89.7 cm³/mol. The number of aromatic amines is 1. The fourth-order valence-electron chi connectivity index (χ4n) is 2.13. The lowest BCUT2D eigenvalue weighted by molar-refractivity contribution is 0.102. The highest BCUT2D eigenvalue weighted by atomic mass is 35.5. The third kappa shape index (κ3) is 3.46. The van der Waals surface area contributed by atoms with Crippen molar-refractivity contribution in [1.82, 2.24) is 10.2 Å². The molecular weight excluding hydrogens is 314 g/mol. The Kier molecular flexibility index (Phi) is 4.21. The number of amides is 1. The third-order valence-electron chi connectivity index (χ3n) is 3.22. The van der Waals surface area contributed by atoms with Crippen molar-refractivity contribution in [3.63, 3.8) is 0 Å². The normalized spacial score (nSPS) is 10.3. The van der Waals surface area contributed by atoms with Gasteiger partial charge in [-0.2, -0.15) is 5.10 Å². The van der Waals surface area contributed by atoms with Gasteiger partial charge in [0.2, 0.25) is 0 Å². The maximum atomic E-state index is 12.4. The minimum absolute atomic E-state index is 0.274. The van der Waals surface area contributed by atoms with Gasteiger partial charge >= 0.3 is 0 Å². The Labute approximate surface area is 136 Å². The van der Waals surface area contributed by atoms with E-state index in [2.05, 4.69) is 15.5 Å². The first-order valence-corrected chi connectivity index (χ1v) is 7.23. The first-order valence-electron chi connectivity index (χ1n) is 6.85. The van der Waals surface area contributed by atoms with Crippen LogP contribution in [0.25, 0.3) is 11.3 Å². The molecule has 0 fully saturated rings. The molecule has 0 aliphatic carbocycles. The number of hydrogen-bond donors (Lipinski definition) is 2. The molecule has 0 saturated heterocycles. The van der Waals surface area contributed by atoms with Gasteiger partial charge in [0.25, 0.3) is 11.5 Å². The molecule has 1 amide bonds. The van der Waals surface area contributed by atoms with E-state index in [1.54, 1.807) is 36.4 Å². The molecule has 5 nitrogen and oxygen atoms in total. The molecule has 0 aliphatic heterocycles. The maximum Gasteiger partial charge on any atom is 0.264 e. The Morgan fingerprint density at radius 1 is 1.04 bits per heavy atom. The molecule has 3 rings (SSSR count). The maximum absolute atomic E-state index is 12.4. The van der Waals surface area contributed by atoms with E-state index in [-0.39, 0.29) is 11.5 Å². The van der Waals surface area contributed by atoms with Crippen LogP contribution in [0.2, 0.25) is 5.02 Å². The zero-order valence-electron chi connectivity index (χ0n) is 11.9. The fourth-order valence-corrected chi connectivity index (χ4v) is 2.32. The summed E-state index contributed by atoms with van der Waals surface area (Å²) in [6.07, 6.45) is 0. The van der Waals surface area contributed by atoms with Crippen LogP contribution in [0.3, 0.4) is 0 Å².